The van der Waals surface area contributed by atoms with Gasteiger partial charge in [-0.2, -0.15) is 0 Å². The molecule has 0 aromatic heterocycles. The van der Waals surface area contributed by atoms with Gasteiger partial charge >= 0.3 is 0 Å². The minimum atomic E-state index is 0.539. The first-order valence-corrected chi connectivity index (χ1v) is 12.8. The summed E-state index contributed by atoms with van der Waals surface area (Å²) in [5.74, 6) is 2.24. The molecule has 4 aromatic rings. The number of alkyl halides is 1. The maximum Gasteiger partial charge on any atom is 0.119 e. The number of hydrogen-bond donors (Lipinski definition) is 1. The van der Waals surface area contributed by atoms with Gasteiger partial charge in [-0.3, -0.25) is 0 Å². The van der Waals surface area contributed by atoms with Crippen molar-refractivity contribution in [2.45, 2.75) is 13.0 Å². The SMILES string of the molecule is CNCCOc1ccc(C(=C(CCCl)c2ccccc2)c2ccc(OCc3ccccc3)cc2)cc1. The van der Waals surface area contributed by atoms with Crippen molar-refractivity contribution in [2.75, 3.05) is 26.1 Å². The van der Waals surface area contributed by atoms with Crippen molar-refractivity contribution in [3.63, 3.8) is 0 Å². The van der Waals surface area contributed by atoms with E-state index in [2.05, 4.69) is 66.0 Å². The Labute approximate surface area is 219 Å². The Bertz CT molecular complexity index is 1220. The van der Waals surface area contributed by atoms with Crippen molar-refractivity contribution < 1.29 is 9.47 Å². The predicted molar refractivity (Wildman–Crippen MR) is 151 cm³/mol. The van der Waals surface area contributed by atoms with Gasteiger partial charge in [-0.15, -0.1) is 11.6 Å². The Morgan fingerprint density at radius 1 is 0.667 bits per heavy atom. The lowest BCUT2D eigenvalue weighted by Crippen LogP contribution is -2.15. The topological polar surface area (TPSA) is 30.5 Å². The van der Waals surface area contributed by atoms with Crippen LogP contribution in [0.1, 0.15) is 28.7 Å². The molecule has 0 amide bonds. The summed E-state index contributed by atoms with van der Waals surface area (Å²) in [6, 6.07) is 37.3. The molecule has 0 saturated heterocycles. The third kappa shape index (κ3) is 7.00. The van der Waals surface area contributed by atoms with Gasteiger partial charge in [-0.1, -0.05) is 84.9 Å². The molecule has 0 unspecified atom stereocenters. The molecular formula is C32H32ClNO2. The molecule has 0 aliphatic heterocycles. The molecule has 0 radical (unpaired) electrons. The number of nitrogens with one attached hydrogen (secondary N) is 1. The van der Waals surface area contributed by atoms with Gasteiger partial charge in [-0.05, 0) is 71.1 Å². The summed E-state index contributed by atoms with van der Waals surface area (Å²) in [7, 11) is 1.92. The van der Waals surface area contributed by atoms with E-state index in [0.29, 0.717) is 19.1 Å². The van der Waals surface area contributed by atoms with Crippen LogP contribution in [0, 0.1) is 0 Å². The first-order chi connectivity index (χ1) is 17.8. The normalized spacial score (nSPS) is 11.6. The maximum absolute atomic E-state index is 6.31. The van der Waals surface area contributed by atoms with Crippen molar-refractivity contribution in [3.8, 4) is 11.5 Å². The first kappa shape index (κ1) is 25.6. The highest BCUT2D eigenvalue weighted by molar-refractivity contribution is 6.18. The molecule has 36 heavy (non-hydrogen) atoms. The Hall–Kier alpha value is -3.53. The lowest BCUT2D eigenvalue weighted by atomic mass is 9.88. The molecular weight excluding hydrogens is 466 g/mol. The fourth-order valence-electron chi connectivity index (χ4n) is 4.11. The lowest BCUT2D eigenvalue weighted by Gasteiger charge is -2.18. The van der Waals surface area contributed by atoms with Gasteiger partial charge in [0.1, 0.15) is 24.7 Å². The molecule has 0 bridgehead atoms. The lowest BCUT2D eigenvalue weighted by molar-refractivity contribution is 0.306. The smallest absolute Gasteiger partial charge is 0.119 e. The van der Waals surface area contributed by atoms with Gasteiger partial charge in [0.2, 0.25) is 0 Å². The summed E-state index contributed by atoms with van der Waals surface area (Å²) in [6.07, 6.45) is 0.758. The molecule has 0 aliphatic carbocycles. The molecule has 3 nitrogen and oxygen atoms in total. The molecule has 0 heterocycles. The monoisotopic (exact) mass is 497 g/mol. The molecule has 4 aromatic carbocycles. The number of ether oxygens (including phenoxy) is 2. The second-order valence-electron chi connectivity index (χ2n) is 8.43. The second kappa shape index (κ2) is 13.5. The quantitative estimate of drug-likeness (QED) is 0.125. The molecule has 184 valence electrons. The van der Waals surface area contributed by atoms with E-state index in [1.54, 1.807) is 0 Å². The van der Waals surface area contributed by atoms with Crippen molar-refractivity contribution >= 4 is 22.7 Å². The van der Waals surface area contributed by atoms with Crippen LogP contribution in [-0.4, -0.2) is 26.1 Å². The Morgan fingerprint density at radius 2 is 1.22 bits per heavy atom. The molecule has 1 N–H and O–H groups in total. The van der Waals surface area contributed by atoms with Gasteiger partial charge in [0, 0.05) is 12.4 Å². The fourth-order valence-corrected chi connectivity index (χ4v) is 4.30. The van der Waals surface area contributed by atoms with E-state index in [1.165, 1.54) is 16.7 Å². The van der Waals surface area contributed by atoms with Gasteiger partial charge in [0.05, 0.1) is 0 Å². The van der Waals surface area contributed by atoms with Crippen LogP contribution < -0.4 is 14.8 Å². The van der Waals surface area contributed by atoms with Crippen LogP contribution in [0.2, 0.25) is 0 Å². The van der Waals surface area contributed by atoms with E-state index in [1.807, 2.05) is 55.6 Å². The summed E-state index contributed by atoms with van der Waals surface area (Å²) in [4.78, 5) is 0. The molecule has 0 aliphatic rings. The van der Waals surface area contributed by atoms with Crippen molar-refractivity contribution in [3.05, 3.63) is 131 Å². The number of benzene rings is 4. The van der Waals surface area contributed by atoms with Gasteiger partial charge in [-0.25, -0.2) is 0 Å². The van der Waals surface area contributed by atoms with Crippen LogP contribution in [-0.2, 0) is 6.61 Å². The number of likely N-dealkylation sites (N-methyl/N-ethyl adjacent to an activating group) is 1. The highest BCUT2D eigenvalue weighted by Crippen LogP contribution is 2.36. The average molecular weight is 498 g/mol. The molecule has 4 heteroatoms. The molecule has 0 fully saturated rings. The van der Waals surface area contributed by atoms with E-state index in [4.69, 9.17) is 21.1 Å². The number of hydrogen-bond acceptors (Lipinski definition) is 3. The molecule has 0 atom stereocenters. The minimum Gasteiger partial charge on any atom is -0.492 e. The highest BCUT2D eigenvalue weighted by atomic mass is 35.5. The zero-order valence-electron chi connectivity index (χ0n) is 20.6. The van der Waals surface area contributed by atoms with E-state index < -0.39 is 0 Å². The third-order valence-corrected chi connectivity index (χ3v) is 6.11. The summed E-state index contributed by atoms with van der Waals surface area (Å²) in [5.41, 5.74) is 6.94. The second-order valence-corrected chi connectivity index (χ2v) is 8.81. The summed E-state index contributed by atoms with van der Waals surface area (Å²) in [6.45, 7) is 1.98. The standard InChI is InChI=1S/C32H32ClNO2/c1-34-22-23-35-29-16-12-27(13-17-29)32(31(20-21-33)26-10-6-3-7-11-26)28-14-18-30(19-15-28)36-24-25-8-4-2-5-9-25/h2-19,34H,20-24H2,1H3. The predicted octanol–water partition coefficient (Wildman–Crippen LogP) is 7.45. The van der Waals surface area contributed by atoms with Crippen molar-refractivity contribution in [1.82, 2.24) is 5.32 Å². The average Bonchev–Trinajstić information content (AvgIpc) is 2.94. The van der Waals surface area contributed by atoms with Crippen LogP contribution >= 0.6 is 11.6 Å². The number of rotatable bonds is 12. The van der Waals surface area contributed by atoms with Crippen LogP contribution in [0.3, 0.4) is 0 Å². The first-order valence-electron chi connectivity index (χ1n) is 12.3. The van der Waals surface area contributed by atoms with Crippen LogP contribution in [0.4, 0.5) is 0 Å². The van der Waals surface area contributed by atoms with Crippen LogP contribution in [0.25, 0.3) is 11.1 Å². The van der Waals surface area contributed by atoms with E-state index in [-0.39, 0.29) is 0 Å². The number of halogens is 1. The van der Waals surface area contributed by atoms with Crippen molar-refractivity contribution in [2.24, 2.45) is 0 Å². The van der Waals surface area contributed by atoms with Gasteiger partial charge in [0.25, 0.3) is 0 Å². The minimum absolute atomic E-state index is 0.539. The molecule has 0 spiro atoms. The number of allylic oxidation sites excluding steroid dienone is 1. The Morgan fingerprint density at radius 3 is 1.78 bits per heavy atom. The van der Waals surface area contributed by atoms with E-state index >= 15 is 0 Å². The van der Waals surface area contributed by atoms with Crippen LogP contribution in [0.5, 0.6) is 11.5 Å². The van der Waals surface area contributed by atoms with Gasteiger partial charge < -0.3 is 14.8 Å². The van der Waals surface area contributed by atoms with Crippen molar-refractivity contribution in [1.29, 1.82) is 0 Å². The van der Waals surface area contributed by atoms with Crippen LogP contribution in [0.15, 0.2) is 109 Å². The Balaban J connectivity index is 1.67. The van der Waals surface area contributed by atoms with E-state index in [0.717, 1.165) is 41.2 Å². The molecule has 0 saturated carbocycles. The van der Waals surface area contributed by atoms with Gasteiger partial charge in [0.15, 0.2) is 0 Å². The summed E-state index contributed by atoms with van der Waals surface area (Å²) < 4.78 is 11.9. The zero-order valence-corrected chi connectivity index (χ0v) is 21.4. The summed E-state index contributed by atoms with van der Waals surface area (Å²) in [5, 5.41) is 3.10. The van der Waals surface area contributed by atoms with E-state index in [9.17, 15) is 0 Å². The third-order valence-electron chi connectivity index (χ3n) is 5.92. The largest absolute Gasteiger partial charge is 0.492 e. The Kier molecular flexibility index (Phi) is 9.61. The highest BCUT2D eigenvalue weighted by Gasteiger charge is 2.14. The molecule has 4 rings (SSSR count). The fraction of sp³-hybridized carbons (Fsp3) is 0.188. The summed E-state index contributed by atoms with van der Waals surface area (Å²) >= 11 is 6.31. The maximum atomic E-state index is 6.31. The zero-order chi connectivity index (χ0) is 25.0.